The van der Waals surface area contributed by atoms with Crippen LogP contribution in [0.2, 0.25) is 0 Å². The zero-order valence-electron chi connectivity index (χ0n) is 12.1. The number of hydrogen-bond acceptors (Lipinski definition) is 4. The number of rotatable bonds is 10. The molecule has 0 aromatic heterocycles. The van der Waals surface area contributed by atoms with Gasteiger partial charge in [-0.1, -0.05) is 13.0 Å². The van der Waals surface area contributed by atoms with Crippen molar-refractivity contribution in [2.24, 2.45) is 0 Å². The maximum absolute atomic E-state index is 10.4. The second kappa shape index (κ2) is 9.20. The highest BCUT2D eigenvalue weighted by Crippen LogP contribution is 2.28. The third-order valence-corrected chi connectivity index (χ3v) is 2.61. The topological polar surface area (TPSA) is 67.8 Å². The molecule has 0 spiro atoms. The van der Waals surface area contributed by atoms with Crippen molar-refractivity contribution in [3.63, 3.8) is 0 Å². The van der Waals surface area contributed by atoms with Crippen LogP contribution in [0.5, 0.6) is 11.5 Å². The first-order valence-corrected chi connectivity index (χ1v) is 6.98. The van der Waals surface area contributed by atoms with Gasteiger partial charge in [-0.25, -0.2) is 0 Å². The average Bonchev–Trinajstić information content (AvgIpc) is 2.43. The second-order valence-corrected chi connectivity index (χ2v) is 4.38. The molecule has 0 amide bonds. The molecule has 0 aliphatic carbocycles. The Hall–Kier alpha value is -1.75. The first-order chi connectivity index (χ1) is 9.67. The van der Waals surface area contributed by atoms with Crippen LogP contribution < -0.4 is 14.8 Å². The van der Waals surface area contributed by atoms with Crippen molar-refractivity contribution in [3.05, 3.63) is 23.8 Å². The quantitative estimate of drug-likeness (QED) is 0.645. The fraction of sp³-hybridized carbons (Fsp3) is 0.533. The monoisotopic (exact) mass is 281 g/mol. The largest absolute Gasteiger partial charge is 0.490 e. The number of benzene rings is 1. The third-order valence-electron chi connectivity index (χ3n) is 2.61. The summed E-state index contributed by atoms with van der Waals surface area (Å²) in [7, 11) is 0. The standard InChI is InChI=1S/C15H23NO4/c1-3-9-20-13-6-5-12(10-14(13)19-4-2)11-16-8-7-15(17)18/h5-6,10,16H,3-4,7-9,11H2,1-2H3,(H,17,18). The summed E-state index contributed by atoms with van der Waals surface area (Å²) in [6, 6.07) is 5.79. The molecule has 0 radical (unpaired) electrons. The minimum absolute atomic E-state index is 0.121. The molecule has 0 aliphatic rings. The van der Waals surface area contributed by atoms with Gasteiger partial charge in [-0.2, -0.15) is 0 Å². The summed E-state index contributed by atoms with van der Waals surface area (Å²) >= 11 is 0. The van der Waals surface area contributed by atoms with Gasteiger partial charge in [0.25, 0.3) is 0 Å². The number of hydrogen-bond donors (Lipinski definition) is 2. The Bertz CT molecular complexity index is 420. The Morgan fingerprint density at radius 3 is 2.70 bits per heavy atom. The van der Waals surface area contributed by atoms with Crippen LogP contribution in [0, 0.1) is 0 Å². The molecule has 112 valence electrons. The van der Waals surface area contributed by atoms with Crippen molar-refractivity contribution < 1.29 is 19.4 Å². The van der Waals surface area contributed by atoms with E-state index in [1.54, 1.807) is 0 Å². The van der Waals surface area contributed by atoms with Gasteiger partial charge in [0.05, 0.1) is 19.6 Å². The lowest BCUT2D eigenvalue weighted by Gasteiger charge is -2.13. The van der Waals surface area contributed by atoms with Crippen LogP contribution in [-0.4, -0.2) is 30.8 Å². The lowest BCUT2D eigenvalue weighted by Crippen LogP contribution is -2.17. The Morgan fingerprint density at radius 1 is 1.25 bits per heavy atom. The molecule has 0 aliphatic heterocycles. The van der Waals surface area contributed by atoms with Gasteiger partial charge in [0.15, 0.2) is 11.5 Å². The molecule has 20 heavy (non-hydrogen) atoms. The van der Waals surface area contributed by atoms with Crippen molar-refractivity contribution in [3.8, 4) is 11.5 Å². The average molecular weight is 281 g/mol. The summed E-state index contributed by atoms with van der Waals surface area (Å²) in [6.07, 6.45) is 1.07. The van der Waals surface area contributed by atoms with Gasteiger partial charge >= 0.3 is 5.97 Å². The van der Waals surface area contributed by atoms with E-state index in [4.69, 9.17) is 14.6 Å². The SMILES string of the molecule is CCCOc1ccc(CNCCC(=O)O)cc1OCC. The normalized spacial score (nSPS) is 10.3. The molecule has 0 bridgehead atoms. The number of nitrogens with one attached hydrogen (secondary N) is 1. The van der Waals surface area contributed by atoms with E-state index in [1.165, 1.54) is 0 Å². The van der Waals surface area contributed by atoms with Crippen molar-refractivity contribution in [2.75, 3.05) is 19.8 Å². The lowest BCUT2D eigenvalue weighted by atomic mass is 10.2. The highest BCUT2D eigenvalue weighted by Gasteiger charge is 2.06. The first kappa shape index (κ1) is 16.3. The predicted molar refractivity (Wildman–Crippen MR) is 77.4 cm³/mol. The lowest BCUT2D eigenvalue weighted by molar-refractivity contribution is -0.136. The van der Waals surface area contributed by atoms with Crippen LogP contribution in [0.4, 0.5) is 0 Å². The Kier molecular flexibility index (Phi) is 7.50. The molecule has 0 saturated heterocycles. The summed E-state index contributed by atoms with van der Waals surface area (Å²) < 4.78 is 11.2. The van der Waals surface area contributed by atoms with E-state index >= 15 is 0 Å². The van der Waals surface area contributed by atoms with E-state index in [2.05, 4.69) is 12.2 Å². The van der Waals surface area contributed by atoms with Crippen LogP contribution >= 0.6 is 0 Å². The number of carboxylic acid groups (broad SMARTS) is 1. The van der Waals surface area contributed by atoms with Crippen LogP contribution in [0.15, 0.2) is 18.2 Å². The Balaban J connectivity index is 2.59. The number of carbonyl (C=O) groups is 1. The highest BCUT2D eigenvalue weighted by molar-refractivity contribution is 5.66. The van der Waals surface area contributed by atoms with Crippen LogP contribution in [0.3, 0.4) is 0 Å². The molecular formula is C15H23NO4. The summed E-state index contributed by atoms with van der Waals surface area (Å²) in [5, 5.41) is 11.7. The summed E-state index contributed by atoms with van der Waals surface area (Å²) in [6.45, 7) is 6.30. The number of carboxylic acids is 1. The van der Waals surface area contributed by atoms with Crippen molar-refractivity contribution in [2.45, 2.75) is 33.2 Å². The molecule has 0 unspecified atom stereocenters. The zero-order valence-corrected chi connectivity index (χ0v) is 12.1. The summed E-state index contributed by atoms with van der Waals surface area (Å²) in [5.41, 5.74) is 1.04. The van der Waals surface area contributed by atoms with Gasteiger partial charge in [-0.05, 0) is 31.0 Å². The van der Waals surface area contributed by atoms with Gasteiger partial charge < -0.3 is 19.9 Å². The smallest absolute Gasteiger partial charge is 0.304 e. The number of ether oxygens (including phenoxy) is 2. The maximum Gasteiger partial charge on any atom is 0.304 e. The molecular weight excluding hydrogens is 258 g/mol. The fourth-order valence-electron chi connectivity index (χ4n) is 1.69. The van der Waals surface area contributed by atoms with Gasteiger partial charge in [-0.3, -0.25) is 4.79 Å². The van der Waals surface area contributed by atoms with Gasteiger partial charge in [0, 0.05) is 13.1 Å². The molecule has 1 aromatic carbocycles. The van der Waals surface area contributed by atoms with Crippen LogP contribution in [0.1, 0.15) is 32.3 Å². The predicted octanol–water partition coefficient (Wildman–Crippen LogP) is 2.44. The highest BCUT2D eigenvalue weighted by atomic mass is 16.5. The fourth-order valence-corrected chi connectivity index (χ4v) is 1.69. The second-order valence-electron chi connectivity index (χ2n) is 4.38. The molecule has 0 fully saturated rings. The molecule has 5 heteroatoms. The van der Waals surface area contributed by atoms with E-state index in [9.17, 15) is 4.79 Å². The Labute approximate surface area is 119 Å². The maximum atomic E-state index is 10.4. The third kappa shape index (κ3) is 5.93. The number of aliphatic carboxylic acids is 1. The molecule has 0 heterocycles. The Morgan fingerprint density at radius 2 is 2.05 bits per heavy atom. The zero-order chi connectivity index (χ0) is 14.8. The van der Waals surface area contributed by atoms with E-state index in [0.29, 0.717) is 26.3 Å². The van der Waals surface area contributed by atoms with Crippen molar-refractivity contribution >= 4 is 5.97 Å². The molecule has 5 nitrogen and oxygen atoms in total. The van der Waals surface area contributed by atoms with Gasteiger partial charge in [-0.15, -0.1) is 0 Å². The van der Waals surface area contributed by atoms with Crippen LogP contribution in [0.25, 0.3) is 0 Å². The summed E-state index contributed by atoms with van der Waals surface area (Å²) in [4.78, 5) is 10.4. The van der Waals surface area contributed by atoms with E-state index in [-0.39, 0.29) is 6.42 Å². The molecule has 2 N–H and O–H groups in total. The minimum atomic E-state index is -0.796. The van der Waals surface area contributed by atoms with E-state index in [0.717, 1.165) is 23.5 Å². The van der Waals surface area contributed by atoms with E-state index < -0.39 is 5.97 Å². The molecule has 0 saturated carbocycles. The molecule has 1 aromatic rings. The molecule has 1 rings (SSSR count). The van der Waals surface area contributed by atoms with E-state index in [1.807, 2.05) is 25.1 Å². The van der Waals surface area contributed by atoms with Gasteiger partial charge in [0.1, 0.15) is 0 Å². The molecule has 0 atom stereocenters. The van der Waals surface area contributed by atoms with Crippen molar-refractivity contribution in [1.82, 2.24) is 5.32 Å². The minimum Gasteiger partial charge on any atom is -0.490 e. The van der Waals surface area contributed by atoms with Crippen molar-refractivity contribution in [1.29, 1.82) is 0 Å². The summed E-state index contributed by atoms with van der Waals surface area (Å²) in [5.74, 6) is 0.692. The van der Waals surface area contributed by atoms with Crippen LogP contribution in [-0.2, 0) is 11.3 Å². The first-order valence-electron chi connectivity index (χ1n) is 6.98. The van der Waals surface area contributed by atoms with Gasteiger partial charge in [0.2, 0.25) is 0 Å².